The van der Waals surface area contributed by atoms with Crippen molar-refractivity contribution < 1.29 is 5.03 Å². The normalized spacial score (nSPS) is 14.2. The van der Waals surface area contributed by atoms with Crippen molar-refractivity contribution in [2.45, 2.75) is 0 Å². The van der Waals surface area contributed by atoms with E-state index in [2.05, 4.69) is 0 Å². The molecule has 0 spiro atoms. The lowest BCUT2D eigenvalue weighted by molar-refractivity contribution is -0.495. The van der Waals surface area contributed by atoms with Gasteiger partial charge in [-0.3, -0.25) is 0 Å². The molecule has 0 unspecified atom stereocenters. The van der Waals surface area contributed by atoms with Crippen molar-refractivity contribution >= 4 is 5.69 Å². The van der Waals surface area contributed by atoms with Crippen LogP contribution in [0.5, 0.6) is 0 Å². The number of benzene rings is 1. The van der Waals surface area contributed by atoms with Crippen LogP contribution in [0.3, 0.4) is 0 Å². The Kier molecular flexibility index (Phi) is 3.00. The average molecular weight is 216 g/mol. The van der Waals surface area contributed by atoms with E-state index in [0.29, 0.717) is 12.2 Å². The van der Waals surface area contributed by atoms with Gasteiger partial charge in [-0.2, -0.15) is 0 Å². The highest BCUT2D eigenvalue weighted by Gasteiger charge is 2.20. The number of nitrogens with zero attached hydrogens (tertiary/aromatic N) is 2. The molecule has 0 N–H and O–H groups in total. The number of nitro groups is 1. The summed E-state index contributed by atoms with van der Waals surface area (Å²) in [7, 11) is 0. The Morgan fingerprint density at radius 3 is 2.38 bits per heavy atom. The first-order valence-electron chi connectivity index (χ1n) is 5.09. The summed E-state index contributed by atoms with van der Waals surface area (Å²) in [5.74, 6) is 0.116. The van der Waals surface area contributed by atoms with Crippen molar-refractivity contribution in [3.05, 3.63) is 64.8 Å². The van der Waals surface area contributed by atoms with Gasteiger partial charge in [-0.1, -0.05) is 47.5 Å². The number of allylic oxidation sites excluding steroid dienone is 2. The third kappa shape index (κ3) is 2.28. The predicted octanol–water partition coefficient (Wildman–Crippen LogP) is 2.43. The van der Waals surface area contributed by atoms with E-state index in [9.17, 15) is 10.1 Å². The van der Waals surface area contributed by atoms with Gasteiger partial charge in [0.05, 0.1) is 6.54 Å². The Labute approximate surface area is 93.6 Å². The Morgan fingerprint density at radius 1 is 1.19 bits per heavy atom. The van der Waals surface area contributed by atoms with Crippen LogP contribution in [0, 0.1) is 16.0 Å². The predicted molar refractivity (Wildman–Crippen MR) is 62.6 cm³/mol. The van der Waals surface area contributed by atoms with Crippen molar-refractivity contribution in [1.29, 1.82) is 0 Å². The highest BCUT2D eigenvalue weighted by atomic mass is 16.7. The molecule has 0 aromatic heterocycles. The van der Waals surface area contributed by atoms with Gasteiger partial charge in [-0.25, -0.2) is 10.1 Å². The Balaban J connectivity index is 2.15. The van der Waals surface area contributed by atoms with Gasteiger partial charge in [0.2, 0.25) is 0 Å². The molecule has 1 aliphatic carbocycles. The Morgan fingerprint density at radius 2 is 1.81 bits per heavy atom. The smallest absolute Gasteiger partial charge is 0.165 e. The molecule has 0 fully saturated rings. The molecule has 82 valence electrons. The second-order valence-electron chi connectivity index (χ2n) is 3.59. The van der Waals surface area contributed by atoms with E-state index in [0.717, 1.165) is 0 Å². The molecule has 1 aromatic carbocycles. The van der Waals surface area contributed by atoms with E-state index < -0.39 is 0 Å². The number of anilines is 1. The lowest BCUT2D eigenvalue weighted by Gasteiger charge is -2.16. The van der Waals surface area contributed by atoms with Crippen LogP contribution in [0.15, 0.2) is 54.6 Å². The molecule has 2 rings (SSSR count). The van der Waals surface area contributed by atoms with E-state index in [1.165, 1.54) is 5.01 Å². The summed E-state index contributed by atoms with van der Waals surface area (Å²) in [4.78, 5) is 11.0. The average Bonchev–Trinajstić information content (AvgIpc) is 2.79. The van der Waals surface area contributed by atoms with E-state index in [-0.39, 0.29) is 11.0 Å². The van der Waals surface area contributed by atoms with E-state index in [1.807, 2.05) is 30.4 Å². The van der Waals surface area contributed by atoms with Crippen LogP contribution in [0.2, 0.25) is 0 Å². The fourth-order valence-corrected chi connectivity index (χ4v) is 1.67. The topological polar surface area (TPSA) is 46.4 Å². The third-order valence-corrected chi connectivity index (χ3v) is 2.46. The number of hydrogen-bond acceptors (Lipinski definition) is 2. The SMILES string of the molecule is O=[N+]([O-])N(CC1C=CC=C1)c1ccccc1. The molecule has 0 bridgehead atoms. The summed E-state index contributed by atoms with van der Waals surface area (Å²) in [5.41, 5.74) is 0.612. The van der Waals surface area contributed by atoms with Crippen LogP contribution >= 0.6 is 0 Å². The summed E-state index contributed by atoms with van der Waals surface area (Å²) in [6, 6.07) is 8.92. The highest BCUT2D eigenvalue weighted by molar-refractivity contribution is 5.43. The van der Waals surface area contributed by atoms with Gasteiger partial charge < -0.3 is 0 Å². The molecule has 1 aliphatic rings. The van der Waals surface area contributed by atoms with Crippen LogP contribution in [0.1, 0.15) is 0 Å². The van der Waals surface area contributed by atoms with Gasteiger partial charge in [0.25, 0.3) is 0 Å². The quantitative estimate of drug-likeness (QED) is 0.573. The van der Waals surface area contributed by atoms with Crippen LogP contribution < -0.4 is 5.01 Å². The standard InChI is InChI=1S/C12H12N2O2/c15-14(16)13(10-11-6-4-5-7-11)12-8-2-1-3-9-12/h1-9,11H,10H2. The number of rotatable bonds is 4. The van der Waals surface area contributed by atoms with Gasteiger partial charge in [-0.15, -0.1) is 0 Å². The molecule has 1 aromatic rings. The van der Waals surface area contributed by atoms with Crippen LogP contribution in [0.25, 0.3) is 0 Å². The first kappa shape index (κ1) is 10.4. The fourth-order valence-electron chi connectivity index (χ4n) is 1.67. The highest BCUT2D eigenvalue weighted by Crippen LogP contribution is 2.18. The molecule has 0 aliphatic heterocycles. The molecule has 0 radical (unpaired) electrons. The molecule has 0 atom stereocenters. The largest absolute Gasteiger partial charge is 0.234 e. The second kappa shape index (κ2) is 4.61. The number of hydrazine groups is 1. The summed E-state index contributed by atoms with van der Waals surface area (Å²) >= 11 is 0. The Hall–Kier alpha value is -2.10. The fraction of sp³-hybridized carbons (Fsp3) is 0.167. The van der Waals surface area contributed by atoms with Gasteiger partial charge in [-0.05, 0) is 12.1 Å². The van der Waals surface area contributed by atoms with E-state index in [1.54, 1.807) is 24.3 Å². The summed E-state index contributed by atoms with van der Waals surface area (Å²) < 4.78 is 0. The van der Waals surface area contributed by atoms with Gasteiger partial charge >= 0.3 is 0 Å². The summed E-state index contributed by atoms with van der Waals surface area (Å²) in [6.07, 6.45) is 7.74. The Bertz CT molecular complexity index is 414. The lowest BCUT2D eigenvalue weighted by Crippen LogP contribution is -2.33. The van der Waals surface area contributed by atoms with Crippen molar-refractivity contribution in [1.82, 2.24) is 0 Å². The van der Waals surface area contributed by atoms with Gasteiger partial charge in [0.15, 0.2) is 5.03 Å². The maximum absolute atomic E-state index is 11.0. The molecule has 16 heavy (non-hydrogen) atoms. The number of para-hydroxylation sites is 1. The van der Waals surface area contributed by atoms with Crippen molar-refractivity contribution in [2.75, 3.05) is 11.6 Å². The minimum absolute atomic E-state index is 0.116. The third-order valence-electron chi connectivity index (χ3n) is 2.46. The molecule has 4 heteroatoms. The van der Waals surface area contributed by atoms with E-state index >= 15 is 0 Å². The molecule has 4 nitrogen and oxygen atoms in total. The van der Waals surface area contributed by atoms with Crippen molar-refractivity contribution in [3.8, 4) is 0 Å². The first-order valence-corrected chi connectivity index (χ1v) is 5.09. The van der Waals surface area contributed by atoms with Crippen molar-refractivity contribution in [2.24, 2.45) is 5.92 Å². The second-order valence-corrected chi connectivity index (χ2v) is 3.59. The first-order chi connectivity index (χ1) is 7.77. The van der Waals surface area contributed by atoms with Crippen LogP contribution in [-0.4, -0.2) is 11.6 Å². The molecular weight excluding hydrogens is 204 g/mol. The maximum Gasteiger partial charge on any atom is 0.165 e. The zero-order valence-electron chi connectivity index (χ0n) is 8.69. The van der Waals surface area contributed by atoms with Crippen LogP contribution in [0.4, 0.5) is 5.69 Å². The minimum atomic E-state index is -0.366. The van der Waals surface area contributed by atoms with Gasteiger partial charge in [0, 0.05) is 5.92 Å². The molecule has 0 saturated carbocycles. The zero-order chi connectivity index (χ0) is 11.4. The molecule has 0 amide bonds. The maximum atomic E-state index is 11.0. The number of hydrogen-bond donors (Lipinski definition) is 0. The summed E-state index contributed by atoms with van der Waals surface area (Å²) in [5, 5.41) is 11.8. The van der Waals surface area contributed by atoms with E-state index in [4.69, 9.17) is 0 Å². The lowest BCUT2D eigenvalue weighted by atomic mass is 10.1. The molecular formula is C12H12N2O2. The molecule has 0 saturated heterocycles. The monoisotopic (exact) mass is 216 g/mol. The van der Waals surface area contributed by atoms with Crippen molar-refractivity contribution in [3.63, 3.8) is 0 Å². The summed E-state index contributed by atoms with van der Waals surface area (Å²) in [6.45, 7) is 0.365. The molecule has 0 heterocycles. The minimum Gasteiger partial charge on any atom is -0.234 e. The van der Waals surface area contributed by atoms with Gasteiger partial charge in [0.1, 0.15) is 5.69 Å². The van der Waals surface area contributed by atoms with Crippen LogP contribution in [-0.2, 0) is 0 Å². The zero-order valence-corrected chi connectivity index (χ0v) is 8.69.